The lowest BCUT2D eigenvalue weighted by atomic mass is 9.97. The van der Waals surface area contributed by atoms with Crippen molar-refractivity contribution in [2.75, 3.05) is 13.1 Å². The van der Waals surface area contributed by atoms with E-state index in [4.69, 9.17) is 11.6 Å². The van der Waals surface area contributed by atoms with Crippen molar-refractivity contribution in [1.82, 2.24) is 15.1 Å². The highest BCUT2D eigenvalue weighted by Crippen LogP contribution is 2.38. The number of hydrogen-bond acceptors (Lipinski definition) is 5. The van der Waals surface area contributed by atoms with E-state index in [0.717, 1.165) is 46.1 Å². The van der Waals surface area contributed by atoms with E-state index >= 15 is 0 Å². The fourth-order valence-corrected chi connectivity index (χ4v) is 5.95. The highest BCUT2D eigenvalue weighted by Gasteiger charge is 2.25. The van der Waals surface area contributed by atoms with E-state index in [2.05, 4.69) is 58.4 Å². The molecule has 5 rings (SSSR count). The average Bonchev–Trinajstić information content (AvgIpc) is 3.36. The molecule has 0 spiro atoms. The van der Waals surface area contributed by atoms with Gasteiger partial charge in [-0.05, 0) is 60.7 Å². The summed E-state index contributed by atoms with van der Waals surface area (Å²) in [5.41, 5.74) is 6.54. The molecule has 35 heavy (non-hydrogen) atoms. The van der Waals surface area contributed by atoms with Gasteiger partial charge in [0.1, 0.15) is 10.0 Å². The summed E-state index contributed by atoms with van der Waals surface area (Å²) in [7, 11) is 0. The van der Waals surface area contributed by atoms with Gasteiger partial charge in [-0.3, -0.25) is 9.69 Å². The minimum absolute atomic E-state index is 0.295. The maximum atomic E-state index is 11.4. The lowest BCUT2D eigenvalue weighted by molar-refractivity contribution is -0.143. The van der Waals surface area contributed by atoms with Crippen LogP contribution >= 0.6 is 22.9 Å². The predicted molar refractivity (Wildman–Crippen MR) is 142 cm³/mol. The molecular weight excluding hydrogens is 478 g/mol. The van der Waals surface area contributed by atoms with Crippen LogP contribution in [0.25, 0.3) is 32.3 Å². The topological polar surface area (TPSA) is 66.3 Å². The van der Waals surface area contributed by atoms with E-state index in [1.54, 1.807) is 0 Å². The van der Waals surface area contributed by atoms with Gasteiger partial charge in [0.15, 0.2) is 0 Å². The van der Waals surface area contributed by atoms with Gasteiger partial charge in [-0.25, -0.2) is 0 Å². The standard InChI is InChI=1S/C28H26ClN3O2S/c1-18-22(20-7-3-2-4-8-20)10-5-11-23(18)26-30-31-27(35-26)24-15-19(12-13-25(24)29)16-32-14-6-9-21(17-32)28(33)34/h2-5,7-8,10-13,15,21H,6,9,14,16-17H2,1H3,(H,33,34)/t21-/m1/s1. The van der Waals surface area contributed by atoms with Gasteiger partial charge in [-0.2, -0.15) is 0 Å². The quantitative estimate of drug-likeness (QED) is 0.313. The van der Waals surface area contributed by atoms with E-state index in [1.807, 2.05) is 30.3 Å². The van der Waals surface area contributed by atoms with Crippen molar-refractivity contribution in [3.05, 3.63) is 82.9 Å². The van der Waals surface area contributed by atoms with Crippen LogP contribution in [0.15, 0.2) is 66.7 Å². The number of carbonyl (C=O) groups is 1. The van der Waals surface area contributed by atoms with Crippen molar-refractivity contribution >= 4 is 28.9 Å². The fraction of sp³-hybridized carbons (Fsp3) is 0.250. The number of hydrogen-bond donors (Lipinski definition) is 1. The smallest absolute Gasteiger partial charge is 0.307 e. The molecule has 1 saturated heterocycles. The molecule has 3 aromatic carbocycles. The van der Waals surface area contributed by atoms with Gasteiger partial charge in [0.05, 0.1) is 10.9 Å². The normalized spacial score (nSPS) is 16.3. The Bertz CT molecular complexity index is 1360. The van der Waals surface area contributed by atoms with Crippen molar-refractivity contribution in [2.24, 2.45) is 5.92 Å². The number of halogens is 1. The third-order valence-corrected chi connectivity index (χ3v) is 7.92. The molecule has 7 heteroatoms. The Kier molecular flexibility index (Phi) is 6.95. The zero-order valence-corrected chi connectivity index (χ0v) is 21.0. The van der Waals surface area contributed by atoms with Crippen LogP contribution in [0.4, 0.5) is 0 Å². The van der Waals surface area contributed by atoms with Gasteiger partial charge in [-0.1, -0.05) is 77.5 Å². The molecule has 1 aromatic heterocycles. The second kappa shape index (κ2) is 10.3. The minimum Gasteiger partial charge on any atom is -0.481 e. The SMILES string of the molecule is Cc1c(-c2ccccc2)cccc1-c1nnc(-c2cc(CN3CCC[C@@H](C(=O)O)C3)ccc2Cl)s1. The number of nitrogens with zero attached hydrogens (tertiary/aromatic N) is 3. The summed E-state index contributed by atoms with van der Waals surface area (Å²) in [6, 6.07) is 22.6. The molecule has 1 N–H and O–H groups in total. The monoisotopic (exact) mass is 503 g/mol. The first-order valence-corrected chi connectivity index (χ1v) is 12.9. The van der Waals surface area contributed by atoms with Crippen LogP contribution < -0.4 is 0 Å². The summed E-state index contributed by atoms with van der Waals surface area (Å²) < 4.78 is 0. The van der Waals surface area contributed by atoms with Crippen molar-refractivity contribution < 1.29 is 9.90 Å². The van der Waals surface area contributed by atoms with Gasteiger partial charge in [0.25, 0.3) is 0 Å². The molecule has 178 valence electrons. The largest absolute Gasteiger partial charge is 0.481 e. The maximum Gasteiger partial charge on any atom is 0.307 e. The lowest BCUT2D eigenvalue weighted by Crippen LogP contribution is -2.38. The molecule has 1 aliphatic rings. The first-order valence-electron chi connectivity index (χ1n) is 11.7. The highest BCUT2D eigenvalue weighted by atomic mass is 35.5. The van der Waals surface area contributed by atoms with Crippen molar-refractivity contribution in [3.8, 4) is 32.3 Å². The Morgan fingerprint density at radius 3 is 2.54 bits per heavy atom. The Morgan fingerprint density at radius 1 is 1.03 bits per heavy atom. The van der Waals surface area contributed by atoms with Crippen LogP contribution in [0.5, 0.6) is 0 Å². The summed E-state index contributed by atoms with van der Waals surface area (Å²) in [4.78, 5) is 13.6. The first kappa shape index (κ1) is 23.7. The molecule has 1 aliphatic heterocycles. The summed E-state index contributed by atoms with van der Waals surface area (Å²) in [5.74, 6) is -1.00. The summed E-state index contributed by atoms with van der Waals surface area (Å²) in [6.45, 7) is 4.29. The van der Waals surface area contributed by atoms with Crippen LogP contribution in [0.3, 0.4) is 0 Å². The molecule has 0 saturated carbocycles. The summed E-state index contributed by atoms with van der Waals surface area (Å²) in [6.07, 6.45) is 1.65. The van der Waals surface area contributed by atoms with Gasteiger partial charge in [0, 0.05) is 24.2 Å². The Labute approximate surface area is 214 Å². The van der Waals surface area contributed by atoms with Crippen molar-refractivity contribution in [1.29, 1.82) is 0 Å². The second-order valence-corrected chi connectivity index (χ2v) is 10.4. The number of benzene rings is 3. The van der Waals surface area contributed by atoms with E-state index in [0.29, 0.717) is 18.1 Å². The van der Waals surface area contributed by atoms with Gasteiger partial charge >= 0.3 is 5.97 Å². The van der Waals surface area contributed by atoms with Gasteiger partial charge < -0.3 is 5.11 Å². The highest BCUT2D eigenvalue weighted by molar-refractivity contribution is 7.18. The van der Waals surface area contributed by atoms with Crippen molar-refractivity contribution in [2.45, 2.75) is 26.3 Å². The Hall–Kier alpha value is -3.06. The molecule has 0 aliphatic carbocycles. The van der Waals surface area contributed by atoms with Gasteiger partial charge in [0.2, 0.25) is 0 Å². The average molecular weight is 504 g/mol. The van der Waals surface area contributed by atoms with Crippen LogP contribution in [0.1, 0.15) is 24.0 Å². The molecular formula is C28H26ClN3O2S. The molecule has 0 unspecified atom stereocenters. The Balaban J connectivity index is 1.41. The second-order valence-electron chi connectivity index (χ2n) is 8.98. The predicted octanol–water partition coefficient (Wildman–Crippen LogP) is 6.80. The van der Waals surface area contributed by atoms with E-state index in [-0.39, 0.29) is 5.92 Å². The summed E-state index contributed by atoms with van der Waals surface area (Å²) >= 11 is 8.11. The number of aliphatic carboxylic acids is 1. The van der Waals surface area contributed by atoms with Gasteiger partial charge in [-0.15, -0.1) is 10.2 Å². The lowest BCUT2D eigenvalue weighted by Gasteiger charge is -2.30. The van der Waals surface area contributed by atoms with Crippen molar-refractivity contribution in [3.63, 3.8) is 0 Å². The molecule has 2 heterocycles. The van der Waals surface area contributed by atoms with Crippen LogP contribution in [-0.2, 0) is 11.3 Å². The number of piperidine rings is 1. The number of rotatable bonds is 6. The number of carboxylic acids is 1. The first-order chi connectivity index (χ1) is 17.0. The molecule has 5 nitrogen and oxygen atoms in total. The molecule has 0 amide bonds. The molecule has 1 fully saturated rings. The zero-order valence-electron chi connectivity index (χ0n) is 19.4. The van der Waals surface area contributed by atoms with E-state index < -0.39 is 5.97 Å². The molecule has 0 bridgehead atoms. The fourth-order valence-electron chi connectivity index (χ4n) is 4.73. The van der Waals surface area contributed by atoms with Crippen LogP contribution in [0, 0.1) is 12.8 Å². The molecule has 4 aromatic rings. The van der Waals surface area contributed by atoms with E-state index in [1.165, 1.54) is 28.0 Å². The van der Waals surface area contributed by atoms with Crippen LogP contribution in [0.2, 0.25) is 5.02 Å². The Morgan fingerprint density at radius 2 is 1.77 bits per heavy atom. The molecule has 1 atom stereocenters. The van der Waals surface area contributed by atoms with E-state index in [9.17, 15) is 9.90 Å². The third kappa shape index (κ3) is 5.15. The third-order valence-electron chi connectivity index (χ3n) is 6.60. The number of likely N-dealkylation sites (tertiary alicyclic amines) is 1. The maximum absolute atomic E-state index is 11.4. The molecule has 0 radical (unpaired) electrons. The van der Waals surface area contributed by atoms with Crippen LogP contribution in [-0.4, -0.2) is 39.3 Å². The number of carboxylic acid groups (broad SMARTS) is 1. The minimum atomic E-state index is -0.709. The zero-order chi connectivity index (χ0) is 24.4. The number of aromatic nitrogens is 2. The summed E-state index contributed by atoms with van der Waals surface area (Å²) in [5, 5.41) is 20.6.